The third-order valence-corrected chi connectivity index (χ3v) is 12.6. The smallest absolute Gasteiger partial charge is 0.226 e. The van der Waals surface area contributed by atoms with Gasteiger partial charge in [0.1, 0.15) is 6.07 Å². The Labute approximate surface area is 228 Å². The van der Waals surface area contributed by atoms with Crippen LogP contribution < -0.4 is 5.32 Å². The molecule has 0 heterocycles. The summed E-state index contributed by atoms with van der Waals surface area (Å²) in [6.45, 7) is 17.9. The first kappa shape index (κ1) is 27.4. The van der Waals surface area contributed by atoms with Crippen molar-refractivity contribution in [2.45, 2.75) is 100 Å². The van der Waals surface area contributed by atoms with Gasteiger partial charge in [0.05, 0.1) is 11.0 Å². The molecule has 0 aliphatic heterocycles. The van der Waals surface area contributed by atoms with Crippen molar-refractivity contribution < 1.29 is 14.4 Å². The summed E-state index contributed by atoms with van der Waals surface area (Å²) < 4.78 is 0. The minimum Gasteiger partial charge on any atom is -0.356 e. The molecular formula is C33H46N2O3. The Balaban J connectivity index is 1.69. The number of allylic oxidation sites excluding steroid dienone is 4. The van der Waals surface area contributed by atoms with Crippen LogP contribution in [-0.4, -0.2) is 24.0 Å². The fourth-order valence-corrected chi connectivity index (χ4v) is 10.4. The van der Waals surface area contributed by atoms with Crippen molar-refractivity contribution in [2.75, 3.05) is 6.54 Å². The maximum Gasteiger partial charge on any atom is 0.226 e. The lowest BCUT2D eigenvalue weighted by molar-refractivity contribution is -0.178. The van der Waals surface area contributed by atoms with E-state index >= 15 is 0 Å². The van der Waals surface area contributed by atoms with Gasteiger partial charge in [-0.25, -0.2) is 0 Å². The fourth-order valence-electron chi connectivity index (χ4n) is 10.4. The van der Waals surface area contributed by atoms with E-state index in [1.165, 1.54) is 0 Å². The molecule has 0 saturated heterocycles. The summed E-state index contributed by atoms with van der Waals surface area (Å²) in [6.07, 6.45) is 9.99. The van der Waals surface area contributed by atoms with Crippen LogP contribution in [0.15, 0.2) is 23.3 Å². The summed E-state index contributed by atoms with van der Waals surface area (Å²) in [5.74, 6) is 0.0635. The number of fused-ring (bicyclic) bond motifs is 7. The van der Waals surface area contributed by atoms with Crippen LogP contribution in [0.4, 0.5) is 0 Å². The number of hydrogen-bond acceptors (Lipinski definition) is 4. The molecule has 5 aliphatic carbocycles. The van der Waals surface area contributed by atoms with Gasteiger partial charge in [0.2, 0.25) is 5.91 Å². The van der Waals surface area contributed by atoms with E-state index in [9.17, 15) is 19.6 Å². The molecule has 206 valence electrons. The molecule has 1 N–H and O–H groups in total. The molecule has 0 radical (unpaired) electrons. The number of amides is 1. The van der Waals surface area contributed by atoms with Gasteiger partial charge in [-0.2, -0.15) is 5.26 Å². The van der Waals surface area contributed by atoms with Gasteiger partial charge in [0.25, 0.3) is 0 Å². The van der Waals surface area contributed by atoms with Crippen LogP contribution in [0.5, 0.6) is 0 Å². The Morgan fingerprint density at radius 2 is 1.68 bits per heavy atom. The second-order valence-corrected chi connectivity index (χ2v) is 15.3. The Morgan fingerprint density at radius 1 is 1.03 bits per heavy atom. The van der Waals surface area contributed by atoms with E-state index in [0.717, 1.165) is 50.5 Å². The Hall–Kier alpha value is -2.22. The second kappa shape index (κ2) is 8.15. The van der Waals surface area contributed by atoms with Crippen LogP contribution >= 0.6 is 0 Å². The van der Waals surface area contributed by atoms with Crippen molar-refractivity contribution in [1.29, 1.82) is 5.26 Å². The van der Waals surface area contributed by atoms with Crippen LogP contribution in [0.2, 0.25) is 0 Å². The molecule has 38 heavy (non-hydrogen) atoms. The van der Waals surface area contributed by atoms with Crippen molar-refractivity contribution in [2.24, 2.45) is 50.2 Å². The first-order valence-corrected chi connectivity index (χ1v) is 14.8. The Kier molecular flexibility index (Phi) is 5.87. The number of nitriles is 1. The standard InChI is InChI=1S/C33H46N2O3/c1-9-35-27(38)33-14-12-28(2,3)18-21(33)25-22(36)16-24-30(6)17-20(19-34)26(37)29(4,5)23(30)10-11-31(24,7)32(25,8)13-15-33/h16-17,21,23,25H,9-15,18H2,1-8H3,(H,35,38)/t21?,23?,25?,30?,31?,32-,33?/m1/s1. The number of nitrogens with zero attached hydrogens (tertiary/aromatic N) is 1. The van der Waals surface area contributed by atoms with Crippen molar-refractivity contribution in [3.8, 4) is 6.07 Å². The first-order valence-electron chi connectivity index (χ1n) is 14.8. The molecular weight excluding hydrogens is 472 g/mol. The van der Waals surface area contributed by atoms with Gasteiger partial charge in [-0.3, -0.25) is 14.4 Å². The third-order valence-electron chi connectivity index (χ3n) is 12.6. The lowest BCUT2D eigenvalue weighted by atomic mass is 9.34. The molecule has 5 heteroatoms. The maximum absolute atomic E-state index is 14.5. The molecule has 0 aromatic carbocycles. The summed E-state index contributed by atoms with van der Waals surface area (Å²) in [7, 11) is 0. The Bertz CT molecular complexity index is 1220. The highest BCUT2D eigenvalue weighted by molar-refractivity contribution is 6.04. The largest absolute Gasteiger partial charge is 0.356 e. The number of nitrogens with one attached hydrogen (secondary N) is 1. The van der Waals surface area contributed by atoms with E-state index in [1.807, 2.05) is 32.9 Å². The lowest BCUT2D eigenvalue weighted by Crippen LogP contribution is -2.66. The van der Waals surface area contributed by atoms with Gasteiger partial charge in [-0.1, -0.05) is 60.1 Å². The fraction of sp³-hybridized carbons (Fsp3) is 0.758. The molecule has 0 aromatic heterocycles. The number of carbonyl (C=O) groups is 3. The van der Waals surface area contributed by atoms with Crippen LogP contribution in [0.3, 0.4) is 0 Å². The molecule has 0 aromatic rings. The predicted octanol–water partition coefficient (Wildman–Crippen LogP) is 6.34. The zero-order chi connectivity index (χ0) is 28.1. The van der Waals surface area contributed by atoms with Gasteiger partial charge in [0, 0.05) is 23.3 Å². The molecule has 0 bridgehead atoms. The van der Waals surface area contributed by atoms with E-state index in [-0.39, 0.29) is 57.0 Å². The number of carbonyl (C=O) groups excluding carboxylic acids is 3. The molecule has 6 unspecified atom stereocenters. The topological polar surface area (TPSA) is 87.0 Å². The van der Waals surface area contributed by atoms with Crippen LogP contribution in [0.25, 0.3) is 0 Å². The number of ketones is 2. The maximum atomic E-state index is 14.5. The highest BCUT2D eigenvalue weighted by Crippen LogP contribution is 2.74. The number of Topliss-reactive ketones (excluding diaryl/α,β-unsaturated/α-hetero) is 1. The summed E-state index contributed by atoms with van der Waals surface area (Å²) in [4.78, 5) is 41.4. The lowest BCUT2D eigenvalue weighted by Gasteiger charge is -2.69. The van der Waals surface area contributed by atoms with Crippen molar-refractivity contribution >= 4 is 17.5 Å². The van der Waals surface area contributed by atoms with E-state index in [1.54, 1.807) is 0 Å². The highest BCUT2D eigenvalue weighted by atomic mass is 16.2. The van der Waals surface area contributed by atoms with E-state index in [2.05, 4.69) is 46.0 Å². The third kappa shape index (κ3) is 3.24. The summed E-state index contributed by atoms with van der Waals surface area (Å²) in [5, 5.41) is 13.0. The highest BCUT2D eigenvalue weighted by Gasteiger charge is 2.70. The minimum absolute atomic E-state index is 0.0128. The molecule has 3 fully saturated rings. The van der Waals surface area contributed by atoms with Crippen LogP contribution in [-0.2, 0) is 14.4 Å². The SMILES string of the molecule is CCNC(=O)C12CCC(C)(C)CC1C1C(=O)C=C3C4(C)C=C(C#N)C(=O)C(C)(C)C4CCC3(C)[C@]1(C)CC2. The number of rotatable bonds is 2. The Morgan fingerprint density at radius 3 is 2.32 bits per heavy atom. The first-order chi connectivity index (χ1) is 17.5. The van der Waals surface area contributed by atoms with Crippen molar-refractivity contribution in [3.63, 3.8) is 0 Å². The van der Waals surface area contributed by atoms with E-state index in [4.69, 9.17) is 0 Å². The average molecular weight is 519 g/mol. The van der Waals surface area contributed by atoms with Gasteiger partial charge in [-0.15, -0.1) is 0 Å². The van der Waals surface area contributed by atoms with Crippen LogP contribution in [0, 0.1) is 61.6 Å². The zero-order valence-electron chi connectivity index (χ0n) is 24.7. The summed E-state index contributed by atoms with van der Waals surface area (Å²) in [6, 6.07) is 2.18. The van der Waals surface area contributed by atoms with Crippen molar-refractivity contribution in [3.05, 3.63) is 23.3 Å². The molecule has 5 rings (SSSR count). The van der Waals surface area contributed by atoms with Gasteiger partial charge >= 0.3 is 0 Å². The molecule has 5 nitrogen and oxygen atoms in total. The zero-order valence-corrected chi connectivity index (χ0v) is 24.7. The average Bonchev–Trinajstić information content (AvgIpc) is 2.82. The van der Waals surface area contributed by atoms with Gasteiger partial charge < -0.3 is 5.32 Å². The molecule has 7 atom stereocenters. The van der Waals surface area contributed by atoms with E-state index < -0.39 is 16.2 Å². The van der Waals surface area contributed by atoms with Gasteiger partial charge in [0.15, 0.2) is 11.6 Å². The predicted molar refractivity (Wildman–Crippen MR) is 148 cm³/mol. The molecule has 0 spiro atoms. The molecule has 5 aliphatic rings. The second-order valence-electron chi connectivity index (χ2n) is 15.3. The molecule has 1 amide bonds. The van der Waals surface area contributed by atoms with Crippen molar-refractivity contribution in [1.82, 2.24) is 5.32 Å². The monoisotopic (exact) mass is 518 g/mol. The number of hydrogen-bond donors (Lipinski definition) is 1. The van der Waals surface area contributed by atoms with Gasteiger partial charge in [-0.05, 0) is 86.0 Å². The van der Waals surface area contributed by atoms with E-state index in [0.29, 0.717) is 6.54 Å². The van der Waals surface area contributed by atoms with Crippen LogP contribution in [0.1, 0.15) is 100 Å². The summed E-state index contributed by atoms with van der Waals surface area (Å²) >= 11 is 0. The molecule has 3 saturated carbocycles. The summed E-state index contributed by atoms with van der Waals surface area (Å²) in [5.41, 5.74) is -0.788. The normalized spacial score (nSPS) is 44.8. The minimum atomic E-state index is -0.662. The quantitative estimate of drug-likeness (QED) is 0.462.